The second-order valence-electron chi connectivity index (χ2n) is 6.36. The van der Waals surface area contributed by atoms with E-state index in [1.807, 2.05) is 17.4 Å². The molecule has 0 unspecified atom stereocenters. The number of hydrogen-bond acceptors (Lipinski definition) is 1. The maximum absolute atomic E-state index is 2.39. The lowest BCUT2D eigenvalue weighted by Gasteiger charge is -2.02. The molecule has 0 radical (unpaired) electrons. The van der Waals surface area contributed by atoms with Crippen LogP contribution in [0, 0.1) is 0 Å². The van der Waals surface area contributed by atoms with E-state index in [1.165, 1.54) is 31.9 Å². The van der Waals surface area contributed by atoms with Gasteiger partial charge in [0.2, 0.25) is 5.52 Å². The van der Waals surface area contributed by atoms with Gasteiger partial charge in [-0.05, 0) is 29.7 Å². The average Bonchev–Trinajstić information content (AvgIpc) is 3.09. The van der Waals surface area contributed by atoms with Gasteiger partial charge in [-0.15, -0.1) is 0 Å². The molecule has 0 bridgehead atoms. The molecule has 1 nitrogen and oxygen atoms in total. The van der Waals surface area contributed by atoms with Gasteiger partial charge in [0.05, 0.1) is 0 Å². The van der Waals surface area contributed by atoms with Crippen molar-refractivity contribution in [3.63, 3.8) is 0 Å². The van der Waals surface area contributed by atoms with Crippen LogP contribution in [0.1, 0.15) is 23.1 Å². The number of hydrogen-bond donors (Lipinski definition) is 0. The van der Waals surface area contributed by atoms with E-state index in [4.69, 9.17) is 0 Å². The van der Waals surface area contributed by atoms with E-state index in [9.17, 15) is 0 Å². The maximum Gasteiger partial charge on any atom is 0.263 e. The fraction of sp³-hybridized carbons (Fsp3) is 0.0800. The van der Waals surface area contributed by atoms with Crippen LogP contribution in [0.5, 0.6) is 0 Å². The van der Waals surface area contributed by atoms with Gasteiger partial charge in [0, 0.05) is 12.1 Å². The third kappa shape index (κ3) is 3.91. The minimum atomic E-state index is 0.959. The summed E-state index contributed by atoms with van der Waals surface area (Å²) in [6, 6.07) is 29.7. The molecular formula is C25H22NS+. The molecule has 27 heavy (non-hydrogen) atoms. The number of aryl methyl sites for hydroxylation is 1. The Hall–Kier alpha value is -2.97. The van der Waals surface area contributed by atoms with Gasteiger partial charge in [-0.1, -0.05) is 96.3 Å². The molecule has 0 aliphatic rings. The summed E-state index contributed by atoms with van der Waals surface area (Å²) in [6.07, 6.45) is 6.71. The molecule has 0 saturated carbocycles. The number of allylic oxidation sites excluding steroid dienone is 2. The molecule has 3 aromatic carbocycles. The first-order valence-corrected chi connectivity index (χ1v) is 10.1. The molecule has 0 spiro atoms. The van der Waals surface area contributed by atoms with Crippen molar-refractivity contribution < 1.29 is 4.57 Å². The Labute approximate surface area is 164 Å². The van der Waals surface area contributed by atoms with Crippen LogP contribution in [-0.2, 0) is 6.54 Å². The minimum absolute atomic E-state index is 0.959. The Morgan fingerprint density at radius 3 is 2.26 bits per heavy atom. The van der Waals surface area contributed by atoms with E-state index >= 15 is 0 Å². The van der Waals surface area contributed by atoms with Crippen molar-refractivity contribution in [2.75, 3.05) is 0 Å². The first-order chi connectivity index (χ1) is 13.3. The van der Waals surface area contributed by atoms with E-state index < -0.39 is 0 Å². The number of thiazole rings is 1. The van der Waals surface area contributed by atoms with Crippen molar-refractivity contribution in [3.05, 3.63) is 107 Å². The Bertz CT molecular complexity index is 1090. The molecule has 1 aromatic heterocycles. The minimum Gasteiger partial charge on any atom is -0.182 e. The Kier molecular flexibility index (Phi) is 5.27. The second kappa shape index (κ2) is 8.15. The predicted octanol–water partition coefficient (Wildman–Crippen LogP) is 6.46. The zero-order valence-corrected chi connectivity index (χ0v) is 16.2. The molecule has 4 rings (SSSR count). The molecule has 4 aromatic rings. The lowest BCUT2D eigenvalue weighted by atomic mass is 10.0. The third-order valence-corrected chi connectivity index (χ3v) is 5.71. The summed E-state index contributed by atoms with van der Waals surface area (Å²) in [5, 5.41) is 1.27. The van der Waals surface area contributed by atoms with Gasteiger partial charge in [0.15, 0.2) is 0 Å². The number of fused-ring (bicyclic) bond motifs is 1. The van der Waals surface area contributed by atoms with Crippen molar-refractivity contribution in [2.24, 2.45) is 0 Å². The highest BCUT2D eigenvalue weighted by Crippen LogP contribution is 2.26. The number of benzene rings is 3. The summed E-state index contributed by atoms with van der Waals surface area (Å²) >= 11 is 1.85. The van der Waals surface area contributed by atoms with Gasteiger partial charge in [0.25, 0.3) is 5.01 Å². The van der Waals surface area contributed by atoms with Crippen molar-refractivity contribution in [2.45, 2.75) is 13.5 Å². The van der Waals surface area contributed by atoms with Crippen LogP contribution in [0.2, 0.25) is 0 Å². The monoisotopic (exact) mass is 368 g/mol. The zero-order chi connectivity index (χ0) is 18.5. The largest absolute Gasteiger partial charge is 0.263 e. The molecule has 0 amide bonds. The quantitative estimate of drug-likeness (QED) is 0.281. The normalized spacial score (nSPS) is 12.1. The highest BCUT2D eigenvalue weighted by Gasteiger charge is 2.17. The molecule has 0 N–H and O–H groups in total. The summed E-state index contributed by atoms with van der Waals surface area (Å²) in [5.41, 5.74) is 4.95. The van der Waals surface area contributed by atoms with E-state index in [0.29, 0.717) is 0 Å². The van der Waals surface area contributed by atoms with Crippen LogP contribution in [0.3, 0.4) is 0 Å². The average molecular weight is 369 g/mol. The molecule has 0 saturated heterocycles. The van der Waals surface area contributed by atoms with Gasteiger partial charge >= 0.3 is 0 Å². The van der Waals surface area contributed by atoms with Crippen LogP contribution in [0.4, 0.5) is 0 Å². The summed E-state index contributed by atoms with van der Waals surface area (Å²) in [6.45, 7) is 3.17. The van der Waals surface area contributed by atoms with Crippen molar-refractivity contribution in [1.82, 2.24) is 0 Å². The zero-order valence-electron chi connectivity index (χ0n) is 15.4. The van der Waals surface area contributed by atoms with Gasteiger partial charge in [-0.3, -0.25) is 0 Å². The fourth-order valence-corrected chi connectivity index (χ4v) is 4.41. The lowest BCUT2D eigenvalue weighted by Crippen LogP contribution is -2.33. The van der Waals surface area contributed by atoms with Crippen LogP contribution in [0.15, 0.2) is 91.0 Å². The molecule has 0 aliphatic heterocycles. The van der Waals surface area contributed by atoms with Crippen LogP contribution < -0.4 is 4.57 Å². The number of rotatable bonds is 5. The fourth-order valence-electron chi connectivity index (χ4n) is 3.23. The Balaban J connectivity index is 1.82. The first kappa shape index (κ1) is 17.4. The Morgan fingerprint density at radius 2 is 1.52 bits per heavy atom. The molecule has 0 fully saturated rings. The van der Waals surface area contributed by atoms with Gasteiger partial charge in [0.1, 0.15) is 11.2 Å². The van der Waals surface area contributed by atoms with E-state index in [0.717, 1.165) is 6.54 Å². The third-order valence-electron chi connectivity index (χ3n) is 4.59. The van der Waals surface area contributed by atoms with Crippen molar-refractivity contribution in [1.29, 1.82) is 0 Å². The highest BCUT2D eigenvalue weighted by molar-refractivity contribution is 7.18. The first-order valence-electron chi connectivity index (χ1n) is 9.27. The van der Waals surface area contributed by atoms with Crippen LogP contribution in [0.25, 0.3) is 27.9 Å². The van der Waals surface area contributed by atoms with E-state index in [1.54, 1.807) is 0 Å². The highest BCUT2D eigenvalue weighted by atomic mass is 32.1. The summed E-state index contributed by atoms with van der Waals surface area (Å²) in [7, 11) is 0. The Morgan fingerprint density at radius 1 is 0.852 bits per heavy atom. The molecule has 2 heteroatoms. The summed E-state index contributed by atoms with van der Waals surface area (Å²) in [4.78, 5) is 0. The van der Waals surface area contributed by atoms with Gasteiger partial charge in [-0.25, -0.2) is 0 Å². The van der Waals surface area contributed by atoms with Gasteiger partial charge in [-0.2, -0.15) is 4.57 Å². The standard InChI is InChI=1S/C25H22NS/c1-2-26-23-15-9-10-16-24(23)27-25(26)19-22(21-13-7-4-8-14-21)18-17-20-11-5-3-6-12-20/h3-19H,2H2,1H3/q+1. The van der Waals surface area contributed by atoms with Crippen LogP contribution >= 0.6 is 11.3 Å². The number of nitrogens with zero attached hydrogens (tertiary/aromatic N) is 1. The number of aromatic nitrogens is 1. The number of para-hydroxylation sites is 1. The molecule has 0 aliphatic carbocycles. The topological polar surface area (TPSA) is 3.88 Å². The summed E-state index contributed by atoms with van der Waals surface area (Å²) < 4.78 is 3.71. The molecule has 1 heterocycles. The SMILES string of the molecule is CC[n+]1c(C=C(C=Cc2ccccc2)c2ccccc2)sc2ccccc21. The molecular weight excluding hydrogens is 346 g/mol. The van der Waals surface area contributed by atoms with E-state index in [-0.39, 0.29) is 0 Å². The van der Waals surface area contributed by atoms with Crippen LogP contribution in [-0.4, -0.2) is 0 Å². The summed E-state index contributed by atoms with van der Waals surface area (Å²) in [5.74, 6) is 0. The van der Waals surface area contributed by atoms with Crippen molar-refractivity contribution >= 4 is 39.3 Å². The molecule has 0 atom stereocenters. The maximum atomic E-state index is 2.39. The molecule has 132 valence electrons. The van der Waals surface area contributed by atoms with Crippen molar-refractivity contribution in [3.8, 4) is 0 Å². The lowest BCUT2D eigenvalue weighted by molar-refractivity contribution is -0.665. The second-order valence-corrected chi connectivity index (χ2v) is 7.42. The predicted molar refractivity (Wildman–Crippen MR) is 117 cm³/mol. The van der Waals surface area contributed by atoms with E-state index in [2.05, 4.69) is 109 Å². The smallest absolute Gasteiger partial charge is 0.182 e. The van der Waals surface area contributed by atoms with Gasteiger partial charge < -0.3 is 0 Å².